The smallest absolute Gasteiger partial charge is 0.332 e. The van der Waals surface area contributed by atoms with E-state index in [1.165, 1.54) is 26.5 Å². The Hall–Kier alpha value is -3.23. The number of amides is 4. The summed E-state index contributed by atoms with van der Waals surface area (Å²) in [5.74, 6) is -3.10. The Kier molecular flexibility index (Phi) is 4.46. The zero-order chi connectivity index (χ0) is 20.0. The maximum atomic E-state index is 12.9. The van der Waals surface area contributed by atoms with Crippen molar-refractivity contribution in [2.45, 2.75) is 19.8 Å². The zero-order valence-corrected chi connectivity index (χ0v) is 15.8. The van der Waals surface area contributed by atoms with Gasteiger partial charge in [-0.25, -0.2) is 14.1 Å². The molecule has 1 aliphatic heterocycles. The fourth-order valence-electron chi connectivity index (χ4n) is 3.49. The van der Waals surface area contributed by atoms with Gasteiger partial charge in [-0.3, -0.25) is 24.4 Å². The van der Waals surface area contributed by atoms with Gasteiger partial charge in [0.1, 0.15) is 23.2 Å². The predicted octanol–water partition coefficient (Wildman–Crippen LogP) is 0.469. The number of rotatable bonds is 3. The molecule has 1 aliphatic rings. The highest BCUT2D eigenvalue weighted by Gasteiger charge is 2.51. The third-order valence-corrected chi connectivity index (χ3v) is 5.33. The third-order valence-electron chi connectivity index (χ3n) is 5.33. The predicted molar refractivity (Wildman–Crippen MR) is 94.4 cm³/mol. The fraction of sp³-hybridized carbons (Fsp3) is 0.389. The molecule has 142 valence electrons. The van der Waals surface area contributed by atoms with Crippen LogP contribution in [0.4, 0.5) is 4.79 Å². The van der Waals surface area contributed by atoms with Gasteiger partial charge < -0.3 is 5.21 Å². The van der Waals surface area contributed by atoms with Gasteiger partial charge in [-0.05, 0) is 17.7 Å². The van der Waals surface area contributed by atoms with Crippen LogP contribution in [-0.2, 0) is 16.6 Å². The minimum absolute atomic E-state index is 0.263. The van der Waals surface area contributed by atoms with E-state index < -0.39 is 29.7 Å². The lowest BCUT2D eigenvalue weighted by Gasteiger charge is -2.35. The Balaban J connectivity index is 2.27. The summed E-state index contributed by atoms with van der Waals surface area (Å²) in [5.41, 5.74) is 1.81. The van der Waals surface area contributed by atoms with E-state index in [4.69, 9.17) is 0 Å². The number of imide groups is 2. The summed E-state index contributed by atoms with van der Waals surface area (Å²) >= 11 is 0. The Morgan fingerprint density at radius 3 is 2.00 bits per heavy atom. The average molecular weight is 371 g/mol. The van der Waals surface area contributed by atoms with Gasteiger partial charge in [-0.15, -0.1) is 0 Å². The molecular weight excluding hydrogens is 350 g/mol. The van der Waals surface area contributed by atoms with Crippen LogP contribution in [0.25, 0.3) is 0 Å². The van der Waals surface area contributed by atoms with Crippen LogP contribution in [0.1, 0.15) is 28.7 Å². The lowest BCUT2D eigenvalue weighted by atomic mass is 9.82. The summed E-state index contributed by atoms with van der Waals surface area (Å²) < 4.78 is 2.43. The number of barbiturate groups is 1. The van der Waals surface area contributed by atoms with Crippen LogP contribution in [-0.4, -0.2) is 51.3 Å². The molecule has 0 aliphatic carbocycles. The maximum absolute atomic E-state index is 12.9. The van der Waals surface area contributed by atoms with E-state index in [2.05, 4.69) is 4.98 Å². The van der Waals surface area contributed by atoms with E-state index in [9.17, 15) is 19.6 Å². The van der Waals surface area contributed by atoms with Gasteiger partial charge in [0.2, 0.25) is 11.8 Å². The monoisotopic (exact) mass is 371 g/mol. The third kappa shape index (κ3) is 2.66. The quantitative estimate of drug-likeness (QED) is 0.443. The minimum Gasteiger partial charge on any atom is -0.711 e. The number of carbonyl (C=O) groups is 3. The minimum atomic E-state index is -1.23. The van der Waals surface area contributed by atoms with Gasteiger partial charge in [0.15, 0.2) is 0 Å². The first-order chi connectivity index (χ1) is 12.7. The Bertz CT molecular complexity index is 887. The van der Waals surface area contributed by atoms with Crippen LogP contribution in [0.5, 0.6) is 0 Å². The van der Waals surface area contributed by atoms with E-state index in [0.717, 1.165) is 20.2 Å². The van der Waals surface area contributed by atoms with Gasteiger partial charge in [-0.2, -0.15) is 0 Å². The van der Waals surface area contributed by atoms with Gasteiger partial charge in [0, 0.05) is 40.3 Å². The van der Waals surface area contributed by atoms with Crippen molar-refractivity contribution in [1.82, 2.24) is 19.4 Å². The Labute approximate surface area is 156 Å². The summed E-state index contributed by atoms with van der Waals surface area (Å²) in [6, 6.07) is 2.64. The zero-order valence-electron chi connectivity index (χ0n) is 15.8. The van der Waals surface area contributed by atoms with Crippen LogP contribution >= 0.6 is 0 Å². The summed E-state index contributed by atoms with van der Waals surface area (Å²) in [6.45, 7) is 3.48. The molecule has 0 N–H and O–H groups in total. The van der Waals surface area contributed by atoms with Crippen molar-refractivity contribution < 1.29 is 19.1 Å². The fourth-order valence-corrected chi connectivity index (χ4v) is 3.49. The largest absolute Gasteiger partial charge is 0.711 e. The highest BCUT2D eigenvalue weighted by Crippen LogP contribution is 2.35. The van der Waals surface area contributed by atoms with E-state index >= 15 is 0 Å². The molecule has 3 heterocycles. The second kappa shape index (κ2) is 6.49. The second-order valence-electron chi connectivity index (χ2n) is 6.70. The molecule has 1 unspecified atom stereocenters. The number of urea groups is 1. The number of pyridine rings is 1. The van der Waals surface area contributed by atoms with E-state index in [-0.39, 0.29) is 5.82 Å². The molecule has 2 aromatic rings. The molecule has 0 aromatic carbocycles. The van der Waals surface area contributed by atoms with Crippen LogP contribution in [0.3, 0.4) is 0 Å². The number of nitrogens with zero attached hydrogens (tertiary/aromatic N) is 5. The molecule has 0 saturated carbocycles. The van der Waals surface area contributed by atoms with Crippen LogP contribution in [0, 0.1) is 25.0 Å². The van der Waals surface area contributed by atoms with Crippen LogP contribution in [0.2, 0.25) is 0 Å². The molecule has 0 bridgehead atoms. The lowest BCUT2D eigenvalue weighted by molar-refractivity contribution is -0.621. The first-order valence-corrected chi connectivity index (χ1v) is 8.42. The number of hydrogen-bond donors (Lipinski definition) is 0. The molecule has 1 atom stereocenters. The van der Waals surface area contributed by atoms with E-state index in [0.29, 0.717) is 11.3 Å². The molecule has 2 aromatic heterocycles. The molecule has 9 nitrogen and oxygen atoms in total. The molecular formula is C18H21N5O4. The van der Waals surface area contributed by atoms with Crippen molar-refractivity contribution in [2.24, 2.45) is 13.0 Å². The van der Waals surface area contributed by atoms with Crippen LogP contribution in [0.15, 0.2) is 24.5 Å². The van der Waals surface area contributed by atoms with Crippen molar-refractivity contribution in [1.29, 1.82) is 0 Å². The first kappa shape index (κ1) is 18.6. The van der Waals surface area contributed by atoms with E-state index in [1.807, 2.05) is 0 Å². The second-order valence-corrected chi connectivity index (χ2v) is 6.70. The molecule has 1 saturated heterocycles. The van der Waals surface area contributed by atoms with Crippen molar-refractivity contribution in [3.63, 3.8) is 0 Å². The van der Waals surface area contributed by atoms with Crippen molar-refractivity contribution >= 4 is 17.8 Å². The molecule has 3 rings (SSSR count). The van der Waals surface area contributed by atoms with Crippen molar-refractivity contribution in [2.75, 3.05) is 14.1 Å². The SMILES string of the molecule is Cc1c(C)[n+]([O-])c(C(c2ccncc2)C2C(=O)N(C)C(=O)N(C)C2=O)n1C. The number of aromatic nitrogens is 3. The normalized spacial score (nSPS) is 17.0. The number of imidazole rings is 1. The number of hydrogen-bond acceptors (Lipinski definition) is 5. The molecule has 1 fully saturated rings. The van der Waals surface area contributed by atoms with Crippen molar-refractivity contribution in [3.8, 4) is 0 Å². The van der Waals surface area contributed by atoms with Gasteiger partial charge in [0.25, 0.3) is 5.82 Å². The Morgan fingerprint density at radius 2 is 1.56 bits per heavy atom. The topological polar surface area (TPSA) is 102 Å². The highest BCUT2D eigenvalue weighted by molar-refractivity contribution is 6.16. The molecule has 9 heteroatoms. The first-order valence-electron chi connectivity index (χ1n) is 8.42. The van der Waals surface area contributed by atoms with Crippen LogP contribution < -0.4 is 4.73 Å². The van der Waals surface area contributed by atoms with Gasteiger partial charge in [-0.1, -0.05) is 0 Å². The maximum Gasteiger partial charge on any atom is 0.332 e. The standard InChI is InChI=1S/C18H21N5O4/c1-10-11(2)23(27)15(20(10)3)13(12-6-8-19-9-7-12)14-16(24)21(4)18(26)22(5)17(14)25/h6-9,13-14H,1-5H3. The summed E-state index contributed by atoms with van der Waals surface area (Å²) in [4.78, 5) is 43.7. The molecule has 0 radical (unpaired) electrons. The van der Waals surface area contributed by atoms with E-state index in [1.54, 1.807) is 37.6 Å². The Morgan fingerprint density at radius 1 is 1.04 bits per heavy atom. The van der Waals surface area contributed by atoms with Crippen molar-refractivity contribution in [3.05, 3.63) is 52.5 Å². The summed E-state index contributed by atoms with van der Waals surface area (Å²) in [7, 11) is 4.38. The van der Waals surface area contributed by atoms with Gasteiger partial charge in [0.05, 0.1) is 7.05 Å². The molecule has 0 spiro atoms. The number of carbonyl (C=O) groups excluding carboxylic acids is 3. The lowest BCUT2D eigenvalue weighted by Crippen LogP contribution is -2.59. The summed E-state index contributed by atoms with van der Waals surface area (Å²) in [5, 5.41) is 12.9. The molecule has 27 heavy (non-hydrogen) atoms. The van der Waals surface area contributed by atoms with Gasteiger partial charge >= 0.3 is 6.03 Å². The average Bonchev–Trinajstić information content (AvgIpc) is 2.86. The molecule has 4 amide bonds. The summed E-state index contributed by atoms with van der Waals surface area (Å²) in [6.07, 6.45) is 3.08. The highest BCUT2D eigenvalue weighted by atomic mass is 16.5.